The molecule has 0 spiro atoms. The molecule has 4 rings (SSSR count). The molecule has 4 aromatic rings. The third-order valence-electron chi connectivity index (χ3n) is 2.99. The molecule has 7 heteroatoms. The van der Waals surface area contributed by atoms with Crippen LogP contribution in [0.15, 0.2) is 36.7 Å². The second kappa shape index (κ2) is 4.22. The molecule has 0 aliphatic heterocycles. The van der Waals surface area contributed by atoms with Crippen LogP contribution >= 0.6 is 22.9 Å². The zero-order chi connectivity index (χ0) is 13.7. The van der Waals surface area contributed by atoms with E-state index >= 15 is 0 Å². The minimum absolute atomic E-state index is 0.246. The Morgan fingerprint density at radius 1 is 1.20 bits per heavy atom. The summed E-state index contributed by atoms with van der Waals surface area (Å²) in [6.07, 6.45) is 3.34. The molecule has 3 heterocycles. The van der Waals surface area contributed by atoms with Crippen molar-refractivity contribution in [2.75, 3.05) is 0 Å². The summed E-state index contributed by atoms with van der Waals surface area (Å²) >= 11 is 7.44. The minimum atomic E-state index is -0.246. The number of hydrogen-bond donors (Lipinski definition) is 0. The second-order valence-corrected chi connectivity index (χ2v) is 5.67. The quantitative estimate of drug-likeness (QED) is 0.537. The Labute approximate surface area is 121 Å². The third kappa shape index (κ3) is 1.69. The molecule has 4 nitrogen and oxygen atoms in total. The molecule has 20 heavy (non-hydrogen) atoms. The molecule has 0 N–H and O–H groups in total. The van der Waals surface area contributed by atoms with Crippen molar-refractivity contribution in [3.05, 3.63) is 47.6 Å². The number of benzene rings is 1. The summed E-state index contributed by atoms with van der Waals surface area (Å²) in [6.45, 7) is 0. The predicted octanol–water partition coefficient (Wildman–Crippen LogP) is 3.80. The van der Waals surface area contributed by atoms with E-state index in [9.17, 15) is 4.39 Å². The summed E-state index contributed by atoms with van der Waals surface area (Å²) < 4.78 is 15.9. The van der Waals surface area contributed by atoms with Crippen molar-refractivity contribution >= 4 is 38.7 Å². The number of nitrogens with zero attached hydrogens (tertiary/aromatic N) is 4. The van der Waals surface area contributed by atoms with Crippen LogP contribution in [0.3, 0.4) is 0 Å². The van der Waals surface area contributed by atoms with Crippen LogP contribution in [0, 0.1) is 5.82 Å². The van der Waals surface area contributed by atoms with Crippen molar-refractivity contribution in [1.82, 2.24) is 19.6 Å². The van der Waals surface area contributed by atoms with Crippen LogP contribution in [-0.4, -0.2) is 19.6 Å². The van der Waals surface area contributed by atoms with Gasteiger partial charge >= 0.3 is 0 Å². The molecule has 0 bridgehead atoms. The van der Waals surface area contributed by atoms with Gasteiger partial charge in [-0.25, -0.2) is 9.37 Å². The summed E-state index contributed by atoms with van der Waals surface area (Å²) in [4.78, 5) is 4.87. The fraction of sp³-hybridized carbons (Fsp3) is 0. The van der Waals surface area contributed by atoms with Gasteiger partial charge in [0.05, 0.1) is 4.88 Å². The van der Waals surface area contributed by atoms with Gasteiger partial charge < -0.3 is 0 Å². The van der Waals surface area contributed by atoms with Gasteiger partial charge in [-0.05, 0) is 23.6 Å². The summed E-state index contributed by atoms with van der Waals surface area (Å²) in [7, 11) is 0. The summed E-state index contributed by atoms with van der Waals surface area (Å²) in [5.41, 5.74) is 0.507. The fourth-order valence-electron chi connectivity index (χ4n) is 2.08. The lowest BCUT2D eigenvalue weighted by Gasteiger charge is -1.96. The highest BCUT2D eigenvalue weighted by molar-refractivity contribution is 7.22. The Balaban J connectivity index is 1.99. The van der Waals surface area contributed by atoms with Crippen LogP contribution in [0.1, 0.15) is 0 Å². The average molecular weight is 305 g/mol. The Morgan fingerprint density at radius 2 is 2.10 bits per heavy atom. The van der Waals surface area contributed by atoms with E-state index in [0.717, 1.165) is 15.0 Å². The Hall–Kier alpha value is -2.05. The first-order valence-electron chi connectivity index (χ1n) is 5.77. The molecule has 1 aromatic carbocycles. The smallest absolute Gasteiger partial charge is 0.198 e. The molecule has 0 radical (unpaired) electrons. The number of aromatic nitrogens is 4. The molecule has 0 atom stereocenters. The van der Waals surface area contributed by atoms with E-state index in [-0.39, 0.29) is 5.82 Å². The Kier molecular flexibility index (Phi) is 2.48. The van der Waals surface area contributed by atoms with Crippen LogP contribution in [0.4, 0.5) is 4.39 Å². The van der Waals surface area contributed by atoms with E-state index in [4.69, 9.17) is 11.6 Å². The van der Waals surface area contributed by atoms with Gasteiger partial charge in [0.2, 0.25) is 0 Å². The molecule has 0 fully saturated rings. The van der Waals surface area contributed by atoms with Crippen molar-refractivity contribution in [2.45, 2.75) is 0 Å². The normalized spacial score (nSPS) is 11.5. The number of thiophene rings is 1. The van der Waals surface area contributed by atoms with Crippen molar-refractivity contribution in [2.24, 2.45) is 0 Å². The van der Waals surface area contributed by atoms with Crippen LogP contribution in [0.5, 0.6) is 0 Å². The molecule has 3 aromatic heterocycles. The van der Waals surface area contributed by atoms with Crippen molar-refractivity contribution < 1.29 is 4.39 Å². The third-order valence-corrected chi connectivity index (χ3v) is 4.35. The van der Waals surface area contributed by atoms with E-state index in [1.807, 2.05) is 6.07 Å². The number of rotatable bonds is 1. The first kappa shape index (κ1) is 11.7. The maximum atomic E-state index is 13.2. The first-order chi connectivity index (χ1) is 9.72. The van der Waals surface area contributed by atoms with Gasteiger partial charge in [0.1, 0.15) is 5.82 Å². The molecular weight excluding hydrogens is 299 g/mol. The topological polar surface area (TPSA) is 43.1 Å². The molecule has 0 saturated heterocycles. The predicted molar refractivity (Wildman–Crippen MR) is 76.6 cm³/mol. The minimum Gasteiger partial charge on any atom is -0.278 e. The Bertz CT molecular complexity index is 946. The first-order valence-corrected chi connectivity index (χ1v) is 6.96. The average Bonchev–Trinajstić information content (AvgIpc) is 3.01. The molecule has 0 amide bonds. The molecule has 0 unspecified atom stereocenters. The van der Waals surface area contributed by atoms with E-state index in [1.54, 1.807) is 22.9 Å². The van der Waals surface area contributed by atoms with Gasteiger partial charge in [0.15, 0.2) is 16.6 Å². The summed E-state index contributed by atoms with van der Waals surface area (Å²) in [5, 5.41) is 9.46. The molecule has 0 aliphatic rings. The van der Waals surface area contributed by atoms with Crippen molar-refractivity contribution in [1.29, 1.82) is 0 Å². The van der Waals surface area contributed by atoms with Gasteiger partial charge in [-0.3, -0.25) is 4.40 Å². The van der Waals surface area contributed by atoms with Crippen LogP contribution in [0.25, 0.3) is 26.4 Å². The van der Waals surface area contributed by atoms with E-state index < -0.39 is 0 Å². The zero-order valence-electron chi connectivity index (χ0n) is 9.92. The summed E-state index contributed by atoms with van der Waals surface area (Å²) in [5.74, 6) is 0.426. The van der Waals surface area contributed by atoms with Crippen molar-refractivity contribution in [3.8, 4) is 10.7 Å². The Morgan fingerprint density at radius 3 is 3.00 bits per heavy atom. The van der Waals surface area contributed by atoms with Crippen LogP contribution in [-0.2, 0) is 0 Å². The number of hydrogen-bond acceptors (Lipinski definition) is 4. The molecule has 0 aliphatic carbocycles. The monoisotopic (exact) mass is 304 g/mol. The SMILES string of the molecule is Fc1ccc2cc(-c3nnc4c(Cl)nccn34)sc2c1. The number of fused-ring (bicyclic) bond motifs is 2. The highest BCUT2D eigenvalue weighted by Gasteiger charge is 2.13. The van der Waals surface area contributed by atoms with Gasteiger partial charge in [0, 0.05) is 17.1 Å². The maximum Gasteiger partial charge on any atom is 0.198 e. The largest absolute Gasteiger partial charge is 0.278 e. The van der Waals surface area contributed by atoms with Crippen LogP contribution < -0.4 is 0 Å². The molecule has 0 saturated carbocycles. The number of halogens is 2. The van der Waals surface area contributed by atoms with Gasteiger partial charge in [-0.2, -0.15) is 0 Å². The van der Waals surface area contributed by atoms with E-state index in [2.05, 4.69) is 15.2 Å². The van der Waals surface area contributed by atoms with Gasteiger partial charge in [-0.15, -0.1) is 21.5 Å². The van der Waals surface area contributed by atoms with Crippen LogP contribution in [0.2, 0.25) is 5.15 Å². The zero-order valence-corrected chi connectivity index (χ0v) is 11.5. The highest BCUT2D eigenvalue weighted by Crippen LogP contribution is 2.33. The van der Waals surface area contributed by atoms with E-state index in [1.165, 1.54) is 23.5 Å². The van der Waals surface area contributed by atoms with Crippen molar-refractivity contribution in [3.63, 3.8) is 0 Å². The lowest BCUT2D eigenvalue weighted by atomic mass is 10.2. The van der Waals surface area contributed by atoms with Gasteiger partial charge in [0.25, 0.3) is 0 Å². The molecular formula is C13H6ClFN4S. The maximum absolute atomic E-state index is 13.2. The fourth-order valence-corrected chi connectivity index (χ4v) is 3.33. The second-order valence-electron chi connectivity index (χ2n) is 4.23. The summed E-state index contributed by atoms with van der Waals surface area (Å²) in [6, 6.07) is 6.68. The lowest BCUT2D eigenvalue weighted by molar-refractivity contribution is 0.630. The highest BCUT2D eigenvalue weighted by atomic mass is 35.5. The van der Waals surface area contributed by atoms with Gasteiger partial charge in [-0.1, -0.05) is 17.7 Å². The molecule has 98 valence electrons. The standard InChI is InChI=1S/C13H6ClFN4S/c14-11-13-18-17-12(19(13)4-3-16-11)10-5-7-1-2-8(15)6-9(7)20-10/h1-6H. The van der Waals surface area contributed by atoms with E-state index in [0.29, 0.717) is 16.6 Å². The lowest BCUT2D eigenvalue weighted by Crippen LogP contribution is -1.89.